The predicted molar refractivity (Wildman–Crippen MR) is 68.8 cm³/mol. The first-order chi connectivity index (χ1) is 10.8. The first-order valence-corrected chi connectivity index (χ1v) is 6.86. The van der Waals surface area contributed by atoms with E-state index in [1.807, 2.05) is 0 Å². The topological polar surface area (TPSA) is 55.9 Å². The van der Waals surface area contributed by atoms with E-state index in [-0.39, 0.29) is 17.9 Å². The largest absolute Gasteiger partial charge is 0.435 e. The first-order valence-electron chi connectivity index (χ1n) is 6.86. The van der Waals surface area contributed by atoms with E-state index in [0.29, 0.717) is 6.92 Å². The van der Waals surface area contributed by atoms with Crippen LogP contribution in [0.1, 0.15) is 31.4 Å². The Morgan fingerprint density at radius 1 is 1.17 bits per heavy atom. The van der Waals surface area contributed by atoms with Crippen molar-refractivity contribution >= 4 is 0 Å². The number of rotatable bonds is 1. The summed E-state index contributed by atoms with van der Waals surface area (Å²) in [7, 11) is 0. The third-order valence-electron chi connectivity index (χ3n) is 4.00. The van der Waals surface area contributed by atoms with E-state index in [2.05, 4.69) is 10.1 Å². The van der Waals surface area contributed by atoms with Crippen LogP contribution in [-0.4, -0.2) is 30.6 Å². The molecule has 1 aliphatic heterocycles. The molecule has 2 atom stereocenters. The molecule has 0 saturated heterocycles. The zero-order valence-electron chi connectivity index (χ0n) is 12.4. The standard InChI is InChI=1S/C13H12F6N4O/c1-6-5-22-7(3-9(21-22)12(14,15)16)8-4-20-10(23(6)8)11(2,24)13(17,18)19/h3-4,6,24H,5H2,1-2H3/t6-,11+/m0/s1. The van der Waals surface area contributed by atoms with Gasteiger partial charge in [-0.1, -0.05) is 0 Å². The number of halogens is 6. The maximum atomic E-state index is 13.1. The highest BCUT2D eigenvalue weighted by atomic mass is 19.4. The summed E-state index contributed by atoms with van der Waals surface area (Å²) in [4.78, 5) is 3.63. The highest BCUT2D eigenvalue weighted by molar-refractivity contribution is 5.58. The highest BCUT2D eigenvalue weighted by Gasteiger charge is 2.55. The molecule has 1 N–H and O–H groups in total. The van der Waals surface area contributed by atoms with Gasteiger partial charge in [-0.25, -0.2) is 4.98 Å². The van der Waals surface area contributed by atoms with Gasteiger partial charge in [-0.3, -0.25) is 4.68 Å². The fourth-order valence-electron chi connectivity index (χ4n) is 2.72. The second-order valence-corrected chi connectivity index (χ2v) is 5.85. The second-order valence-electron chi connectivity index (χ2n) is 5.85. The normalized spacial score (nSPS) is 20.5. The Kier molecular flexibility index (Phi) is 3.32. The van der Waals surface area contributed by atoms with Gasteiger partial charge in [0.25, 0.3) is 0 Å². The van der Waals surface area contributed by atoms with E-state index in [9.17, 15) is 31.4 Å². The quantitative estimate of drug-likeness (QED) is 0.801. The van der Waals surface area contributed by atoms with Gasteiger partial charge in [0, 0.05) is 0 Å². The van der Waals surface area contributed by atoms with Crippen LogP contribution in [0.2, 0.25) is 0 Å². The average molecular weight is 354 g/mol. The van der Waals surface area contributed by atoms with E-state index < -0.39 is 35.5 Å². The van der Waals surface area contributed by atoms with Crippen LogP contribution in [-0.2, 0) is 18.3 Å². The molecule has 3 heterocycles. The fourth-order valence-corrected chi connectivity index (χ4v) is 2.72. The molecule has 0 aliphatic carbocycles. The van der Waals surface area contributed by atoms with Crippen molar-refractivity contribution in [2.75, 3.05) is 0 Å². The number of hydrogen-bond acceptors (Lipinski definition) is 3. The number of fused-ring (bicyclic) bond motifs is 3. The monoisotopic (exact) mass is 354 g/mol. The third-order valence-corrected chi connectivity index (χ3v) is 4.00. The summed E-state index contributed by atoms with van der Waals surface area (Å²) < 4.78 is 79.9. The second kappa shape index (κ2) is 4.74. The van der Waals surface area contributed by atoms with Gasteiger partial charge in [-0.2, -0.15) is 31.4 Å². The summed E-state index contributed by atoms with van der Waals surface area (Å²) in [6.45, 7) is 2.00. The molecule has 2 aromatic heterocycles. The lowest BCUT2D eigenvalue weighted by atomic mass is 10.0. The summed E-state index contributed by atoms with van der Waals surface area (Å²) in [6, 6.07) is 0.0886. The van der Waals surface area contributed by atoms with E-state index in [4.69, 9.17) is 0 Å². The Morgan fingerprint density at radius 2 is 1.79 bits per heavy atom. The van der Waals surface area contributed by atoms with E-state index in [0.717, 1.165) is 21.5 Å². The van der Waals surface area contributed by atoms with Crippen LogP contribution in [0.4, 0.5) is 26.3 Å². The van der Waals surface area contributed by atoms with Crippen molar-refractivity contribution in [1.82, 2.24) is 19.3 Å². The molecule has 0 spiro atoms. The molecule has 24 heavy (non-hydrogen) atoms. The van der Waals surface area contributed by atoms with Gasteiger partial charge in [0.05, 0.1) is 30.2 Å². The Hall–Kier alpha value is -2.04. The van der Waals surface area contributed by atoms with Crippen molar-refractivity contribution < 1.29 is 31.4 Å². The predicted octanol–water partition coefficient (Wildman–Crippen LogP) is 3.11. The van der Waals surface area contributed by atoms with Gasteiger partial charge >= 0.3 is 12.4 Å². The van der Waals surface area contributed by atoms with Crippen molar-refractivity contribution in [3.05, 3.63) is 23.8 Å². The minimum atomic E-state index is -4.98. The fraction of sp³-hybridized carbons (Fsp3) is 0.538. The Balaban J connectivity index is 2.18. The number of alkyl halides is 6. The zero-order valence-corrected chi connectivity index (χ0v) is 12.4. The SMILES string of the molecule is C[C@H]1Cn2nc(C(F)(F)F)cc2-c2cnc([C@@](C)(O)C(F)(F)F)n21. The Bertz CT molecular complexity index is 785. The molecule has 132 valence electrons. The minimum Gasteiger partial charge on any atom is -0.374 e. The molecule has 0 unspecified atom stereocenters. The van der Waals surface area contributed by atoms with Gasteiger partial charge in [0.1, 0.15) is 0 Å². The van der Waals surface area contributed by atoms with Crippen molar-refractivity contribution in [3.63, 3.8) is 0 Å². The smallest absolute Gasteiger partial charge is 0.374 e. The highest BCUT2D eigenvalue weighted by Crippen LogP contribution is 2.42. The van der Waals surface area contributed by atoms with E-state index in [1.165, 1.54) is 6.92 Å². The van der Waals surface area contributed by atoms with Crippen molar-refractivity contribution in [2.24, 2.45) is 0 Å². The van der Waals surface area contributed by atoms with Gasteiger partial charge in [-0.15, -0.1) is 0 Å². The van der Waals surface area contributed by atoms with Crippen LogP contribution in [0.3, 0.4) is 0 Å². The average Bonchev–Trinajstić information content (AvgIpc) is 2.99. The lowest BCUT2D eigenvalue weighted by Gasteiger charge is -2.31. The van der Waals surface area contributed by atoms with Crippen molar-refractivity contribution in [1.29, 1.82) is 0 Å². The Labute approximate surface area is 131 Å². The van der Waals surface area contributed by atoms with Gasteiger partial charge in [-0.05, 0) is 19.9 Å². The van der Waals surface area contributed by atoms with Gasteiger partial charge < -0.3 is 9.67 Å². The summed E-state index contributed by atoms with van der Waals surface area (Å²) in [5.41, 5.74) is -4.33. The molecule has 1 aliphatic rings. The first kappa shape index (κ1) is 16.8. The molecule has 0 radical (unpaired) electrons. The lowest BCUT2D eigenvalue weighted by Crippen LogP contribution is -2.42. The number of hydrogen-bond donors (Lipinski definition) is 1. The number of nitrogens with zero attached hydrogens (tertiary/aromatic N) is 4. The molecule has 0 saturated carbocycles. The number of aliphatic hydroxyl groups is 1. The molecule has 2 aromatic rings. The van der Waals surface area contributed by atoms with Crippen molar-refractivity contribution in [2.45, 2.75) is 44.4 Å². The van der Waals surface area contributed by atoms with Crippen LogP contribution in [0.25, 0.3) is 11.4 Å². The molecular weight excluding hydrogens is 342 g/mol. The van der Waals surface area contributed by atoms with Crippen LogP contribution in [0.15, 0.2) is 12.3 Å². The summed E-state index contributed by atoms with van der Waals surface area (Å²) in [6.07, 6.45) is -8.64. The molecular formula is C13H12F6N4O. The Morgan fingerprint density at radius 3 is 2.33 bits per heavy atom. The van der Waals surface area contributed by atoms with Crippen molar-refractivity contribution in [3.8, 4) is 11.4 Å². The molecule has 0 aromatic carbocycles. The molecule has 0 fully saturated rings. The van der Waals surface area contributed by atoms with Gasteiger partial charge in [0.2, 0.25) is 5.60 Å². The number of aromatic nitrogens is 4. The summed E-state index contributed by atoms with van der Waals surface area (Å²) >= 11 is 0. The summed E-state index contributed by atoms with van der Waals surface area (Å²) in [5.74, 6) is -0.668. The third kappa shape index (κ3) is 2.29. The molecule has 0 bridgehead atoms. The molecule has 0 amide bonds. The minimum absolute atomic E-state index is 0.00264. The lowest BCUT2D eigenvalue weighted by molar-refractivity contribution is -0.262. The maximum Gasteiger partial charge on any atom is 0.435 e. The summed E-state index contributed by atoms with van der Waals surface area (Å²) in [5, 5.41) is 13.3. The molecule has 11 heteroatoms. The zero-order chi connectivity index (χ0) is 18.1. The molecule has 5 nitrogen and oxygen atoms in total. The van der Waals surface area contributed by atoms with Gasteiger partial charge in [0.15, 0.2) is 11.5 Å². The van der Waals surface area contributed by atoms with Crippen LogP contribution >= 0.6 is 0 Å². The van der Waals surface area contributed by atoms with E-state index >= 15 is 0 Å². The van der Waals surface area contributed by atoms with Crippen LogP contribution in [0, 0.1) is 0 Å². The number of imidazole rings is 1. The van der Waals surface area contributed by atoms with Crippen LogP contribution < -0.4 is 0 Å². The van der Waals surface area contributed by atoms with Crippen LogP contribution in [0.5, 0.6) is 0 Å². The molecule has 3 rings (SSSR count). The maximum absolute atomic E-state index is 13.1. The van der Waals surface area contributed by atoms with E-state index in [1.54, 1.807) is 0 Å².